The molecule has 0 atom stereocenters. The quantitative estimate of drug-likeness (QED) is 0.902. The molecule has 1 fully saturated rings. The number of hydrogen-bond donors (Lipinski definition) is 1. The van der Waals surface area contributed by atoms with Crippen LogP contribution in [0.15, 0.2) is 29.6 Å². The molecule has 1 aliphatic rings. The minimum absolute atomic E-state index is 0.00187. The van der Waals surface area contributed by atoms with E-state index in [2.05, 4.69) is 15.2 Å². The molecule has 0 bridgehead atoms. The van der Waals surface area contributed by atoms with Crippen LogP contribution in [0.5, 0.6) is 0 Å². The third-order valence-electron chi connectivity index (χ3n) is 4.33. The Kier molecular flexibility index (Phi) is 5.45. The van der Waals surface area contributed by atoms with E-state index in [1.54, 1.807) is 7.05 Å². The number of aromatic nitrogens is 1. The average molecular weight is 358 g/mol. The van der Waals surface area contributed by atoms with Gasteiger partial charge in [0.1, 0.15) is 10.7 Å². The Morgan fingerprint density at radius 2 is 1.84 bits per heavy atom. The molecular formula is C18H22N4O2S. The van der Waals surface area contributed by atoms with Crippen LogP contribution in [0.25, 0.3) is 10.6 Å². The number of amides is 2. The minimum atomic E-state index is -0.0331. The number of piperazine rings is 1. The molecule has 1 aromatic heterocycles. The second-order valence-corrected chi connectivity index (χ2v) is 7.00. The van der Waals surface area contributed by atoms with Crippen LogP contribution in [0.3, 0.4) is 0 Å². The normalized spacial score (nSPS) is 15.2. The van der Waals surface area contributed by atoms with E-state index >= 15 is 0 Å². The molecule has 3 rings (SSSR count). The Balaban J connectivity index is 1.61. The van der Waals surface area contributed by atoms with Gasteiger partial charge in [-0.1, -0.05) is 29.8 Å². The van der Waals surface area contributed by atoms with E-state index in [-0.39, 0.29) is 11.8 Å². The van der Waals surface area contributed by atoms with E-state index in [4.69, 9.17) is 0 Å². The van der Waals surface area contributed by atoms with Gasteiger partial charge in [-0.05, 0) is 6.92 Å². The van der Waals surface area contributed by atoms with Crippen molar-refractivity contribution in [2.24, 2.45) is 0 Å². The topological polar surface area (TPSA) is 65.5 Å². The van der Waals surface area contributed by atoms with Crippen LogP contribution in [0.2, 0.25) is 0 Å². The van der Waals surface area contributed by atoms with Crippen LogP contribution < -0.4 is 5.32 Å². The lowest BCUT2D eigenvalue weighted by atomic mass is 10.2. The lowest BCUT2D eigenvalue weighted by molar-refractivity contribution is -0.122. The Bertz CT molecular complexity index is 749. The van der Waals surface area contributed by atoms with Gasteiger partial charge in [0.2, 0.25) is 5.91 Å². The fourth-order valence-electron chi connectivity index (χ4n) is 2.75. The van der Waals surface area contributed by atoms with E-state index in [1.807, 2.05) is 41.5 Å². The third-order valence-corrected chi connectivity index (χ3v) is 5.22. The number of nitrogens with one attached hydrogen (secondary N) is 1. The highest BCUT2D eigenvalue weighted by Gasteiger charge is 2.24. The highest BCUT2D eigenvalue weighted by Crippen LogP contribution is 2.24. The molecule has 7 heteroatoms. The van der Waals surface area contributed by atoms with Gasteiger partial charge in [-0.2, -0.15) is 0 Å². The zero-order valence-electron chi connectivity index (χ0n) is 14.5. The van der Waals surface area contributed by atoms with Gasteiger partial charge >= 0.3 is 0 Å². The summed E-state index contributed by atoms with van der Waals surface area (Å²) in [5, 5.41) is 5.31. The van der Waals surface area contributed by atoms with E-state index in [1.165, 1.54) is 16.9 Å². The Hall–Kier alpha value is -2.25. The molecule has 25 heavy (non-hydrogen) atoms. The van der Waals surface area contributed by atoms with Crippen LogP contribution in [0, 0.1) is 6.92 Å². The number of carbonyl (C=O) groups excluding carboxylic acids is 2. The molecule has 0 unspecified atom stereocenters. The molecule has 1 N–H and O–H groups in total. The maximum Gasteiger partial charge on any atom is 0.273 e. The summed E-state index contributed by atoms with van der Waals surface area (Å²) >= 11 is 1.49. The van der Waals surface area contributed by atoms with Gasteiger partial charge in [0.05, 0.1) is 6.54 Å². The largest absolute Gasteiger partial charge is 0.358 e. The lowest BCUT2D eigenvalue weighted by Gasteiger charge is -2.33. The predicted octanol–water partition coefficient (Wildman–Crippen LogP) is 1.62. The molecular weight excluding hydrogens is 336 g/mol. The van der Waals surface area contributed by atoms with Gasteiger partial charge in [-0.3, -0.25) is 14.5 Å². The van der Waals surface area contributed by atoms with E-state index in [0.29, 0.717) is 38.4 Å². The molecule has 2 heterocycles. The number of aryl methyl sites for hydroxylation is 1. The maximum absolute atomic E-state index is 12.7. The number of hydrogen-bond acceptors (Lipinski definition) is 5. The van der Waals surface area contributed by atoms with Crippen molar-refractivity contribution in [2.45, 2.75) is 6.92 Å². The predicted molar refractivity (Wildman–Crippen MR) is 98.7 cm³/mol. The van der Waals surface area contributed by atoms with Crippen molar-refractivity contribution in [1.29, 1.82) is 0 Å². The number of benzene rings is 1. The summed E-state index contributed by atoms with van der Waals surface area (Å²) in [5.41, 5.74) is 2.73. The molecule has 132 valence electrons. The van der Waals surface area contributed by atoms with Crippen molar-refractivity contribution >= 4 is 23.2 Å². The van der Waals surface area contributed by atoms with E-state index in [9.17, 15) is 9.59 Å². The smallest absolute Gasteiger partial charge is 0.273 e. The molecule has 0 radical (unpaired) electrons. The van der Waals surface area contributed by atoms with Gasteiger partial charge < -0.3 is 10.2 Å². The molecule has 2 amide bonds. The Morgan fingerprint density at radius 1 is 1.16 bits per heavy atom. The average Bonchev–Trinajstić information content (AvgIpc) is 3.12. The lowest BCUT2D eigenvalue weighted by Crippen LogP contribution is -2.50. The molecule has 0 aliphatic carbocycles. The molecule has 1 saturated heterocycles. The van der Waals surface area contributed by atoms with Gasteiger partial charge in [0.25, 0.3) is 5.91 Å². The third kappa shape index (κ3) is 4.24. The van der Waals surface area contributed by atoms with Crippen molar-refractivity contribution in [2.75, 3.05) is 39.8 Å². The molecule has 0 saturated carbocycles. The highest BCUT2D eigenvalue weighted by molar-refractivity contribution is 7.13. The van der Waals surface area contributed by atoms with E-state index < -0.39 is 0 Å². The van der Waals surface area contributed by atoms with Crippen molar-refractivity contribution in [1.82, 2.24) is 20.1 Å². The fraction of sp³-hybridized carbons (Fsp3) is 0.389. The van der Waals surface area contributed by atoms with Crippen LogP contribution in [0.1, 0.15) is 16.1 Å². The first-order valence-electron chi connectivity index (χ1n) is 8.31. The minimum Gasteiger partial charge on any atom is -0.358 e. The standard InChI is InChI=1S/C18H22N4O2S/c1-13-3-5-14(6-4-13)17-20-15(12-25-17)18(24)22-9-7-21(8-10-22)11-16(23)19-2/h3-6,12H,7-11H2,1-2H3,(H,19,23). The summed E-state index contributed by atoms with van der Waals surface area (Å²) in [4.78, 5) is 32.5. The van der Waals surface area contributed by atoms with Crippen LogP contribution in [-0.2, 0) is 4.79 Å². The van der Waals surface area contributed by atoms with Gasteiger partial charge in [0, 0.05) is 44.2 Å². The van der Waals surface area contributed by atoms with Gasteiger partial charge in [-0.25, -0.2) is 4.98 Å². The summed E-state index contributed by atoms with van der Waals surface area (Å²) in [7, 11) is 1.63. The van der Waals surface area contributed by atoms with Crippen LogP contribution in [-0.4, -0.2) is 66.4 Å². The van der Waals surface area contributed by atoms with Gasteiger partial charge in [-0.15, -0.1) is 11.3 Å². The zero-order chi connectivity index (χ0) is 17.8. The van der Waals surface area contributed by atoms with Crippen LogP contribution in [0.4, 0.5) is 0 Å². The molecule has 1 aliphatic heterocycles. The SMILES string of the molecule is CNC(=O)CN1CCN(C(=O)c2csc(-c3ccc(C)cc3)n2)CC1. The monoisotopic (exact) mass is 358 g/mol. The number of carbonyl (C=O) groups is 2. The summed E-state index contributed by atoms with van der Waals surface area (Å²) in [6, 6.07) is 8.15. The van der Waals surface area contributed by atoms with Crippen molar-refractivity contribution in [3.63, 3.8) is 0 Å². The molecule has 0 spiro atoms. The first-order valence-corrected chi connectivity index (χ1v) is 9.19. The summed E-state index contributed by atoms with van der Waals surface area (Å²) in [6.07, 6.45) is 0. The summed E-state index contributed by atoms with van der Waals surface area (Å²) in [6.45, 7) is 5.07. The van der Waals surface area contributed by atoms with Crippen molar-refractivity contribution in [3.8, 4) is 10.6 Å². The van der Waals surface area contributed by atoms with Gasteiger partial charge in [0.15, 0.2) is 0 Å². The Morgan fingerprint density at radius 3 is 2.48 bits per heavy atom. The second-order valence-electron chi connectivity index (χ2n) is 6.15. The first kappa shape index (κ1) is 17.6. The zero-order valence-corrected chi connectivity index (χ0v) is 15.3. The maximum atomic E-state index is 12.7. The van der Waals surface area contributed by atoms with Crippen molar-refractivity contribution in [3.05, 3.63) is 40.9 Å². The summed E-state index contributed by atoms with van der Waals surface area (Å²) in [5.74, 6) is -0.0313. The number of rotatable bonds is 4. The van der Waals surface area contributed by atoms with Crippen LogP contribution >= 0.6 is 11.3 Å². The summed E-state index contributed by atoms with van der Waals surface area (Å²) < 4.78 is 0. The molecule has 1 aromatic carbocycles. The molecule has 6 nitrogen and oxygen atoms in total. The molecule has 2 aromatic rings. The van der Waals surface area contributed by atoms with Crippen molar-refractivity contribution < 1.29 is 9.59 Å². The Labute approximate surface area is 151 Å². The second kappa shape index (κ2) is 7.76. The highest BCUT2D eigenvalue weighted by atomic mass is 32.1. The van der Waals surface area contributed by atoms with E-state index in [0.717, 1.165) is 10.6 Å². The first-order chi connectivity index (χ1) is 12.1. The fourth-order valence-corrected chi connectivity index (χ4v) is 3.55. The number of thiazole rings is 1. The number of likely N-dealkylation sites (N-methyl/N-ethyl adjacent to an activating group) is 1. The number of nitrogens with zero attached hydrogens (tertiary/aromatic N) is 3.